The number of hydrogen-bond donors (Lipinski definition) is 1. The average Bonchev–Trinajstić information content (AvgIpc) is 2.34. The maximum atomic E-state index is 13.3. The van der Waals surface area contributed by atoms with Crippen molar-refractivity contribution in [2.75, 3.05) is 0 Å². The van der Waals surface area contributed by atoms with Crippen LogP contribution in [0.1, 0.15) is 11.1 Å². The third-order valence-electron chi connectivity index (χ3n) is 2.58. The van der Waals surface area contributed by atoms with Crippen molar-refractivity contribution in [3.63, 3.8) is 0 Å². The van der Waals surface area contributed by atoms with E-state index in [0.717, 1.165) is 5.56 Å². The highest BCUT2D eigenvalue weighted by Crippen LogP contribution is 2.14. The van der Waals surface area contributed by atoms with E-state index < -0.39 is 17.5 Å². The lowest BCUT2D eigenvalue weighted by Gasteiger charge is -2.07. The molecule has 2 rings (SSSR count). The zero-order chi connectivity index (χ0) is 13.0. The fourth-order valence-electron chi connectivity index (χ4n) is 1.67. The summed E-state index contributed by atoms with van der Waals surface area (Å²) in [5.74, 6) is -2.64. The molecule has 0 saturated carbocycles. The van der Waals surface area contributed by atoms with Crippen LogP contribution in [0.4, 0.5) is 13.2 Å². The largest absolute Gasteiger partial charge is 0.308 e. The van der Waals surface area contributed by atoms with Crippen LogP contribution in [-0.2, 0) is 13.1 Å². The predicted molar refractivity (Wildman–Crippen MR) is 63.3 cm³/mol. The smallest absolute Gasteiger partial charge is 0.133 e. The molecule has 94 valence electrons. The summed E-state index contributed by atoms with van der Waals surface area (Å²) in [5, 5.41) is 2.92. The lowest BCUT2D eigenvalue weighted by Crippen LogP contribution is -2.15. The fourth-order valence-corrected chi connectivity index (χ4v) is 1.67. The first-order valence-electron chi connectivity index (χ1n) is 5.55. The molecule has 0 heterocycles. The number of benzene rings is 2. The molecule has 0 bridgehead atoms. The zero-order valence-corrected chi connectivity index (χ0v) is 9.59. The van der Waals surface area contributed by atoms with E-state index in [9.17, 15) is 13.2 Å². The quantitative estimate of drug-likeness (QED) is 0.878. The fraction of sp³-hybridized carbons (Fsp3) is 0.143. The number of nitrogens with one attached hydrogen (secondary N) is 1. The van der Waals surface area contributed by atoms with Gasteiger partial charge in [0, 0.05) is 30.8 Å². The Morgan fingerprint density at radius 2 is 1.44 bits per heavy atom. The van der Waals surface area contributed by atoms with Gasteiger partial charge in [-0.25, -0.2) is 13.2 Å². The van der Waals surface area contributed by atoms with Crippen LogP contribution in [0.15, 0.2) is 42.5 Å². The SMILES string of the molecule is Fc1cc(F)c(CNCc2ccccc2)c(F)c1. The van der Waals surface area contributed by atoms with Crippen molar-refractivity contribution in [2.24, 2.45) is 0 Å². The van der Waals surface area contributed by atoms with Crippen molar-refractivity contribution in [1.82, 2.24) is 5.32 Å². The lowest BCUT2D eigenvalue weighted by atomic mass is 10.1. The molecule has 1 nitrogen and oxygen atoms in total. The first-order valence-corrected chi connectivity index (χ1v) is 5.55. The molecule has 18 heavy (non-hydrogen) atoms. The van der Waals surface area contributed by atoms with E-state index in [0.29, 0.717) is 18.7 Å². The van der Waals surface area contributed by atoms with Gasteiger partial charge < -0.3 is 5.32 Å². The number of hydrogen-bond acceptors (Lipinski definition) is 1. The molecule has 0 atom stereocenters. The van der Waals surface area contributed by atoms with Crippen LogP contribution >= 0.6 is 0 Å². The molecule has 2 aromatic carbocycles. The number of halogens is 3. The van der Waals surface area contributed by atoms with Crippen molar-refractivity contribution in [2.45, 2.75) is 13.1 Å². The van der Waals surface area contributed by atoms with E-state index in [2.05, 4.69) is 5.32 Å². The highest BCUT2D eigenvalue weighted by Gasteiger charge is 2.10. The summed E-state index contributed by atoms with van der Waals surface area (Å²) in [6.07, 6.45) is 0. The Kier molecular flexibility index (Phi) is 3.99. The zero-order valence-electron chi connectivity index (χ0n) is 9.59. The van der Waals surface area contributed by atoms with E-state index in [1.165, 1.54) is 0 Å². The first kappa shape index (κ1) is 12.6. The molecule has 0 spiro atoms. The van der Waals surface area contributed by atoms with Crippen LogP contribution < -0.4 is 5.32 Å². The Hall–Kier alpha value is -1.81. The van der Waals surface area contributed by atoms with Gasteiger partial charge in [-0.15, -0.1) is 0 Å². The van der Waals surface area contributed by atoms with Crippen LogP contribution in [0.5, 0.6) is 0 Å². The second-order valence-electron chi connectivity index (χ2n) is 3.94. The Morgan fingerprint density at radius 3 is 2.06 bits per heavy atom. The molecule has 0 aromatic heterocycles. The van der Waals surface area contributed by atoms with Gasteiger partial charge in [0.05, 0.1) is 0 Å². The van der Waals surface area contributed by atoms with Gasteiger partial charge in [0.2, 0.25) is 0 Å². The van der Waals surface area contributed by atoms with E-state index >= 15 is 0 Å². The summed E-state index contributed by atoms with van der Waals surface area (Å²) in [5.41, 5.74) is 0.868. The van der Waals surface area contributed by atoms with Crippen molar-refractivity contribution < 1.29 is 13.2 Å². The molecule has 0 saturated heterocycles. The molecular formula is C14H12F3N. The Bertz CT molecular complexity index is 503. The molecule has 0 aliphatic rings. The topological polar surface area (TPSA) is 12.0 Å². The van der Waals surface area contributed by atoms with Gasteiger partial charge >= 0.3 is 0 Å². The van der Waals surface area contributed by atoms with Crippen molar-refractivity contribution in [1.29, 1.82) is 0 Å². The molecule has 0 radical (unpaired) electrons. The van der Waals surface area contributed by atoms with Crippen LogP contribution in [0, 0.1) is 17.5 Å². The standard InChI is InChI=1S/C14H12F3N/c15-11-6-13(16)12(14(17)7-11)9-18-8-10-4-2-1-3-5-10/h1-7,18H,8-9H2. The monoisotopic (exact) mass is 251 g/mol. The minimum atomic E-state index is -0.906. The molecule has 1 N–H and O–H groups in total. The highest BCUT2D eigenvalue weighted by molar-refractivity contribution is 5.21. The molecular weight excluding hydrogens is 239 g/mol. The summed E-state index contributed by atoms with van der Waals surface area (Å²) in [6.45, 7) is 0.518. The van der Waals surface area contributed by atoms with E-state index in [1.54, 1.807) is 0 Å². The van der Waals surface area contributed by atoms with Gasteiger partial charge in [0.25, 0.3) is 0 Å². The molecule has 0 aliphatic carbocycles. The highest BCUT2D eigenvalue weighted by atomic mass is 19.1. The van der Waals surface area contributed by atoms with Crippen LogP contribution in [0.3, 0.4) is 0 Å². The van der Waals surface area contributed by atoms with E-state index in [-0.39, 0.29) is 12.1 Å². The third-order valence-corrected chi connectivity index (χ3v) is 2.58. The summed E-state index contributed by atoms with van der Waals surface area (Å²) >= 11 is 0. The Morgan fingerprint density at radius 1 is 0.833 bits per heavy atom. The molecule has 4 heteroatoms. The summed E-state index contributed by atoms with van der Waals surface area (Å²) < 4.78 is 39.3. The van der Waals surface area contributed by atoms with Crippen molar-refractivity contribution >= 4 is 0 Å². The van der Waals surface area contributed by atoms with Crippen LogP contribution in [0.25, 0.3) is 0 Å². The Balaban J connectivity index is 1.99. The van der Waals surface area contributed by atoms with Gasteiger partial charge in [-0.2, -0.15) is 0 Å². The first-order chi connectivity index (χ1) is 8.66. The number of rotatable bonds is 4. The lowest BCUT2D eigenvalue weighted by molar-refractivity contribution is 0.510. The summed E-state index contributed by atoms with van der Waals surface area (Å²) in [4.78, 5) is 0. The third kappa shape index (κ3) is 3.11. The maximum Gasteiger partial charge on any atom is 0.133 e. The minimum Gasteiger partial charge on any atom is -0.308 e. The normalized spacial score (nSPS) is 10.6. The summed E-state index contributed by atoms with van der Waals surface area (Å²) in [7, 11) is 0. The maximum absolute atomic E-state index is 13.3. The average molecular weight is 251 g/mol. The Labute approximate surface area is 103 Å². The van der Waals surface area contributed by atoms with Crippen molar-refractivity contribution in [3.8, 4) is 0 Å². The summed E-state index contributed by atoms with van der Waals surface area (Å²) in [6, 6.07) is 10.8. The van der Waals surface area contributed by atoms with Gasteiger partial charge in [0.1, 0.15) is 17.5 Å². The van der Waals surface area contributed by atoms with Crippen LogP contribution in [0.2, 0.25) is 0 Å². The van der Waals surface area contributed by atoms with E-state index in [4.69, 9.17) is 0 Å². The molecule has 0 fully saturated rings. The molecule has 0 aliphatic heterocycles. The predicted octanol–water partition coefficient (Wildman–Crippen LogP) is 3.39. The van der Waals surface area contributed by atoms with Gasteiger partial charge in [-0.1, -0.05) is 30.3 Å². The second-order valence-corrected chi connectivity index (χ2v) is 3.94. The van der Waals surface area contributed by atoms with E-state index in [1.807, 2.05) is 30.3 Å². The van der Waals surface area contributed by atoms with Gasteiger partial charge in [0.15, 0.2) is 0 Å². The molecule has 2 aromatic rings. The van der Waals surface area contributed by atoms with Gasteiger partial charge in [-0.3, -0.25) is 0 Å². The second kappa shape index (κ2) is 5.69. The minimum absolute atomic E-state index is 0.0207. The van der Waals surface area contributed by atoms with Crippen LogP contribution in [-0.4, -0.2) is 0 Å². The van der Waals surface area contributed by atoms with Crippen molar-refractivity contribution in [3.05, 3.63) is 71.0 Å². The molecule has 0 amide bonds. The van der Waals surface area contributed by atoms with Gasteiger partial charge in [-0.05, 0) is 5.56 Å². The molecule has 0 unspecified atom stereocenters.